The van der Waals surface area contributed by atoms with Gasteiger partial charge in [-0.05, 0) is 49.1 Å². The zero-order valence-electron chi connectivity index (χ0n) is 17.1. The first-order chi connectivity index (χ1) is 15.7. The number of aromatic nitrogens is 2. The SMILES string of the molecule is O=[N+]([O-])c1ccc(-c2csc(=Nc3cccnc3)n2N=C2CCCc3ccccc32)cc1. The van der Waals surface area contributed by atoms with E-state index in [-0.39, 0.29) is 5.69 Å². The highest BCUT2D eigenvalue weighted by molar-refractivity contribution is 7.07. The smallest absolute Gasteiger partial charge is 0.262 e. The Balaban J connectivity index is 1.68. The Labute approximate surface area is 188 Å². The molecule has 4 aromatic rings. The second-order valence-corrected chi connectivity index (χ2v) is 8.24. The van der Waals surface area contributed by atoms with E-state index in [9.17, 15) is 10.1 Å². The normalized spacial score (nSPS) is 15.0. The van der Waals surface area contributed by atoms with E-state index in [1.807, 2.05) is 28.3 Å². The number of hydrogen-bond acceptors (Lipinski definition) is 6. The van der Waals surface area contributed by atoms with Crippen molar-refractivity contribution in [1.29, 1.82) is 0 Å². The number of rotatable bonds is 4. The molecule has 0 N–H and O–H groups in total. The summed E-state index contributed by atoms with van der Waals surface area (Å²) in [5.74, 6) is 0. The molecular formula is C24H19N5O2S. The third-order valence-electron chi connectivity index (χ3n) is 5.34. The molecule has 32 heavy (non-hydrogen) atoms. The van der Waals surface area contributed by atoms with Crippen LogP contribution in [0.3, 0.4) is 0 Å². The molecule has 0 bridgehead atoms. The molecular weight excluding hydrogens is 422 g/mol. The van der Waals surface area contributed by atoms with Gasteiger partial charge in [0.25, 0.3) is 5.69 Å². The third kappa shape index (κ3) is 4.00. The fourth-order valence-electron chi connectivity index (χ4n) is 3.78. The molecule has 0 unspecified atom stereocenters. The summed E-state index contributed by atoms with van der Waals surface area (Å²) in [6, 6.07) is 18.6. The van der Waals surface area contributed by atoms with Crippen LogP contribution in [0.1, 0.15) is 24.0 Å². The summed E-state index contributed by atoms with van der Waals surface area (Å²) in [6.45, 7) is 0. The molecule has 0 saturated heterocycles. The first-order valence-electron chi connectivity index (χ1n) is 10.3. The van der Waals surface area contributed by atoms with Crippen LogP contribution in [0, 0.1) is 10.1 Å². The van der Waals surface area contributed by atoms with Crippen LogP contribution in [0.2, 0.25) is 0 Å². The zero-order chi connectivity index (χ0) is 21.9. The van der Waals surface area contributed by atoms with E-state index in [1.165, 1.54) is 34.6 Å². The molecule has 8 heteroatoms. The monoisotopic (exact) mass is 441 g/mol. The number of nitro groups is 1. The van der Waals surface area contributed by atoms with Crippen LogP contribution in [0.25, 0.3) is 11.3 Å². The van der Waals surface area contributed by atoms with E-state index < -0.39 is 4.92 Å². The highest BCUT2D eigenvalue weighted by atomic mass is 32.1. The van der Waals surface area contributed by atoms with Crippen LogP contribution in [-0.4, -0.2) is 20.3 Å². The van der Waals surface area contributed by atoms with Crippen LogP contribution in [-0.2, 0) is 6.42 Å². The first-order valence-corrected chi connectivity index (χ1v) is 11.1. The maximum absolute atomic E-state index is 11.1. The fraction of sp³-hybridized carbons (Fsp3) is 0.125. The molecule has 2 heterocycles. The summed E-state index contributed by atoms with van der Waals surface area (Å²) in [4.78, 5) is 20.3. The number of thiazole rings is 1. The van der Waals surface area contributed by atoms with Gasteiger partial charge in [-0.3, -0.25) is 15.1 Å². The average molecular weight is 442 g/mol. The lowest BCUT2D eigenvalue weighted by Gasteiger charge is -2.18. The summed E-state index contributed by atoms with van der Waals surface area (Å²) in [5.41, 5.74) is 5.96. The summed E-state index contributed by atoms with van der Waals surface area (Å²) in [7, 11) is 0. The first kappa shape index (κ1) is 20.0. The molecule has 0 radical (unpaired) electrons. The van der Waals surface area contributed by atoms with Crippen molar-refractivity contribution in [3.63, 3.8) is 0 Å². The van der Waals surface area contributed by atoms with Gasteiger partial charge >= 0.3 is 0 Å². The molecule has 5 rings (SSSR count). The van der Waals surface area contributed by atoms with Crippen LogP contribution < -0.4 is 4.80 Å². The Bertz CT molecular complexity index is 1370. The number of nitrogens with zero attached hydrogens (tertiary/aromatic N) is 5. The predicted molar refractivity (Wildman–Crippen MR) is 125 cm³/mol. The van der Waals surface area contributed by atoms with Gasteiger partial charge in [-0.15, -0.1) is 11.3 Å². The average Bonchev–Trinajstić information content (AvgIpc) is 3.22. The summed E-state index contributed by atoms with van der Waals surface area (Å²) in [5, 5.41) is 18.1. The Morgan fingerprint density at radius 3 is 2.66 bits per heavy atom. The summed E-state index contributed by atoms with van der Waals surface area (Å²) < 4.78 is 1.84. The van der Waals surface area contributed by atoms with Crippen molar-refractivity contribution in [2.24, 2.45) is 10.1 Å². The molecule has 0 spiro atoms. The van der Waals surface area contributed by atoms with Crippen molar-refractivity contribution >= 4 is 28.4 Å². The number of nitro benzene ring substituents is 1. The molecule has 0 saturated carbocycles. The fourth-order valence-corrected chi connectivity index (χ4v) is 4.63. The molecule has 0 atom stereocenters. The Kier molecular flexibility index (Phi) is 5.43. The van der Waals surface area contributed by atoms with Crippen molar-refractivity contribution in [2.45, 2.75) is 19.3 Å². The van der Waals surface area contributed by atoms with Gasteiger partial charge < -0.3 is 0 Å². The number of pyridine rings is 1. The van der Waals surface area contributed by atoms with Crippen molar-refractivity contribution < 1.29 is 4.92 Å². The zero-order valence-corrected chi connectivity index (χ0v) is 17.9. The van der Waals surface area contributed by atoms with Crippen molar-refractivity contribution in [3.05, 3.63) is 104 Å². The van der Waals surface area contributed by atoms with E-state index in [0.717, 1.165) is 41.9 Å². The number of non-ortho nitro benzene ring substituents is 1. The number of aryl methyl sites for hydroxylation is 1. The highest BCUT2D eigenvalue weighted by Crippen LogP contribution is 2.26. The molecule has 0 amide bonds. The maximum Gasteiger partial charge on any atom is 0.269 e. The lowest BCUT2D eigenvalue weighted by Crippen LogP contribution is -2.18. The number of hydrogen-bond donors (Lipinski definition) is 0. The van der Waals surface area contributed by atoms with E-state index in [0.29, 0.717) is 4.80 Å². The van der Waals surface area contributed by atoms with Gasteiger partial charge in [0.1, 0.15) is 0 Å². The van der Waals surface area contributed by atoms with Gasteiger partial charge in [-0.2, -0.15) is 5.10 Å². The van der Waals surface area contributed by atoms with Gasteiger partial charge in [-0.1, -0.05) is 24.3 Å². The second-order valence-electron chi connectivity index (χ2n) is 7.40. The Hall–Kier alpha value is -3.91. The van der Waals surface area contributed by atoms with Crippen LogP contribution in [0.4, 0.5) is 11.4 Å². The molecule has 158 valence electrons. The second kappa shape index (κ2) is 8.68. The van der Waals surface area contributed by atoms with Crippen molar-refractivity contribution in [1.82, 2.24) is 9.66 Å². The molecule has 1 aliphatic rings. The van der Waals surface area contributed by atoms with Crippen molar-refractivity contribution in [3.8, 4) is 11.3 Å². The summed E-state index contributed by atoms with van der Waals surface area (Å²) in [6.07, 6.45) is 6.39. The topological polar surface area (TPSA) is 85.7 Å². The number of benzene rings is 2. The molecule has 0 aliphatic heterocycles. The summed E-state index contributed by atoms with van der Waals surface area (Å²) >= 11 is 1.47. The highest BCUT2D eigenvalue weighted by Gasteiger charge is 2.17. The number of fused-ring (bicyclic) bond motifs is 1. The van der Waals surface area contributed by atoms with Gasteiger partial charge in [0.2, 0.25) is 4.80 Å². The standard InChI is InChI=1S/C24H19N5O2S/c30-29(31)20-12-10-18(11-13-20)23-16-32-24(26-19-7-4-14-25-15-19)28(23)27-22-9-3-6-17-5-1-2-8-21(17)22/h1-2,4-5,7-8,10-16H,3,6,9H2. The molecule has 2 aromatic carbocycles. The lowest BCUT2D eigenvalue weighted by atomic mass is 9.90. The minimum Gasteiger partial charge on any atom is -0.262 e. The lowest BCUT2D eigenvalue weighted by molar-refractivity contribution is -0.384. The molecule has 2 aromatic heterocycles. The Morgan fingerprint density at radius 2 is 1.88 bits per heavy atom. The van der Waals surface area contributed by atoms with Gasteiger partial charge in [0.05, 0.1) is 28.2 Å². The van der Waals surface area contributed by atoms with Crippen LogP contribution in [0.15, 0.2) is 88.5 Å². The van der Waals surface area contributed by atoms with Gasteiger partial charge in [0, 0.05) is 34.8 Å². The van der Waals surface area contributed by atoms with Crippen molar-refractivity contribution in [2.75, 3.05) is 0 Å². The molecule has 0 fully saturated rings. The molecule has 1 aliphatic carbocycles. The minimum absolute atomic E-state index is 0.0586. The van der Waals surface area contributed by atoms with E-state index in [2.05, 4.69) is 23.2 Å². The van der Waals surface area contributed by atoms with Gasteiger partial charge in [-0.25, -0.2) is 9.67 Å². The van der Waals surface area contributed by atoms with E-state index in [4.69, 9.17) is 10.1 Å². The van der Waals surface area contributed by atoms with E-state index in [1.54, 1.807) is 24.5 Å². The van der Waals surface area contributed by atoms with E-state index >= 15 is 0 Å². The quantitative estimate of drug-likeness (QED) is 0.316. The van der Waals surface area contributed by atoms with Crippen LogP contribution in [0.5, 0.6) is 0 Å². The maximum atomic E-state index is 11.1. The predicted octanol–water partition coefficient (Wildman–Crippen LogP) is 5.34. The molecule has 7 nitrogen and oxygen atoms in total. The third-order valence-corrected chi connectivity index (χ3v) is 6.15. The Morgan fingerprint density at radius 1 is 1.03 bits per heavy atom. The van der Waals surface area contributed by atoms with Crippen LogP contribution >= 0.6 is 11.3 Å². The largest absolute Gasteiger partial charge is 0.269 e. The minimum atomic E-state index is -0.395. The van der Waals surface area contributed by atoms with Gasteiger partial charge in [0.15, 0.2) is 0 Å².